The van der Waals surface area contributed by atoms with Gasteiger partial charge in [-0.2, -0.15) is 26.3 Å². The Hall–Kier alpha value is -5.53. The molecule has 0 spiro atoms. The summed E-state index contributed by atoms with van der Waals surface area (Å²) in [5.74, 6) is -3.45. The molecule has 2 aliphatic heterocycles. The van der Waals surface area contributed by atoms with Crippen LogP contribution in [0.1, 0.15) is 47.0 Å². The predicted molar refractivity (Wildman–Crippen MR) is 143 cm³/mol. The maximum atomic E-state index is 13.5. The van der Waals surface area contributed by atoms with Gasteiger partial charge in [-0.1, -0.05) is 0 Å². The van der Waals surface area contributed by atoms with Gasteiger partial charge in [0.15, 0.2) is 6.61 Å². The number of amides is 4. The van der Waals surface area contributed by atoms with Crippen molar-refractivity contribution in [2.24, 2.45) is 0 Å². The maximum absolute atomic E-state index is 13.5. The highest BCUT2D eigenvalue weighted by Crippen LogP contribution is 2.40. The molecule has 0 radical (unpaired) electrons. The largest absolute Gasteiger partial charge is 0.484 e. The zero-order valence-electron chi connectivity index (χ0n) is 22.0. The van der Waals surface area contributed by atoms with Gasteiger partial charge >= 0.3 is 12.4 Å². The first-order valence-corrected chi connectivity index (χ1v) is 12.4. The third kappa shape index (κ3) is 4.93. The van der Waals surface area contributed by atoms with E-state index < -0.39 is 48.2 Å². The van der Waals surface area contributed by atoms with E-state index in [0.29, 0.717) is 0 Å². The zero-order chi connectivity index (χ0) is 32.1. The van der Waals surface area contributed by atoms with E-state index in [4.69, 9.17) is 4.79 Å². The van der Waals surface area contributed by atoms with Crippen molar-refractivity contribution < 1.29 is 55.1 Å². The number of imide groups is 2. The van der Waals surface area contributed by atoms with Gasteiger partial charge in [-0.25, -0.2) is 9.80 Å². The molecule has 0 atom stereocenters. The highest BCUT2D eigenvalue weighted by molar-refractivity contribution is 6.42. The quantitative estimate of drug-likeness (QED) is 0.200. The first-order chi connectivity index (χ1) is 20.8. The van der Waals surface area contributed by atoms with Crippen molar-refractivity contribution in [3.8, 4) is 5.75 Å². The van der Waals surface area contributed by atoms with Crippen LogP contribution in [0, 0.1) is 0 Å². The summed E-state index contributed by atoms with van der Waals surface area (Å²) < 4.78 is 81.1. The molecule has 0 N–H and O–H groups in total. The highest BCUT2D eigenvalue weighted by atomic mass is 19.4. The van der Waals surface area contributed by atoms with Gasteiger partial charge in [0.2, 0.25) is 0 Å². The Labute approximate surface area is 243 Å². The van der Waals surface area contributed by atoms with Crippen LogP contribution in [0.4, 0.5) is 37.7 Å². The summed E-state index contributed by atoms with van der Waals surface area (Å²) in [7, 11) is 0. The van der Waals surface area contributed by atoms with Crippen LogP contribution >= 0.6 is 0 Å². The SMILES string of the molecule is C=O.O=C1c2ccc3c4c(ccc(c24)C(=O)N1c1ccc(OCC(F)(F)F)cc1)C(=O)N(c1ccc(C(F)(F)F)cc1)C3=O. The lowest BCUT2D eigenvalue weighted by molar-refractivity contribution is -0.153. The van der Waals surface area contributed by atoms with Crippen molar-refractivity contribution in [3.05, 3.63) is 101 Å². The third-order valence-electron chi connectivity index (χ3n) is 6.84. The molecule has 4 aromatic rings. The average molecular weight is 614 g/mol. The van der Waals surface area contributed by atoms with Gasteiger partial charge in [0.05, 0.1) is 16.9 Å². The summed E-state index contributed by atoms with van der Waals surface area (Å²) >= 11 is 0. The Kier molecular flexibility index (Phi) is 7.23. The van der Waals surface area contributed by atoms with Crippen LogP contribution in [0.5, 0.6) is 5.75 Å². The summed E-state index contributed by atoms with van der Waals surface area (Å²) in [5.41, 5.74) is -1.11. The minimum absolute atomic E-state index is 0.00817. The van der Waals surface area contributed by atoms with Gasteiger partial charge in [-0.05, 0) is 72.8 Å². The molecule has 0 unspecified atom stereocenters. The fourth-order valence-electron chi connectivity index (χ4n) is 5.00. The summed E-state index contributed by atoms with van der Waals surface area (Å²) in [5, 5.41) is 0.121. The molecule has 14 heteroatoms. The number of anilines is 2. The minimum atomic E-state index is -4.62. The molecule has 0 saturated carbocycles. The standard InChI is InChI=1S/C29H14F6N2O5.CH2O/c30-28(31,32)13-42-17-7-5-16(6-8-17)37-26(40)20-11-9-18-22-19(10-12-21(23(20)22)27(37)41)25(39)36(24(18)38)15-3-1-14(2-4-15)29(33,34)35;1-2/h1-12H,13H2;1H2. The molecule has 0 aromatic heterocycles. The number of rotatable bonds is 4. The number of benzene rings is 4. The number of carbonyl (C=O) groups excluding carboxylic acids is 5. The van der Waals surface area contributed by atoms with E-state index >= 15 is 0 Å². The summed E-state index contributed by atoms with van der Waals surface area (Å²) in [6.45, 7) is 0.474. The molecule has 0 fully saturated rings. The average Bonchev–Trinajstić information content (AvgIpc) is 2.99. The van der Waals surface area contributed by atoms with Crippen LogP contribution in [0.15, 0.2) is 72.8 Å². The van der Waals surface area contributed by atoms with Gasteiger partial charge in [0.1, 0.15) is 12.5 Å². The number of hydrogen-bond donors (Lipinski definition) is 0. The van der Waals surface area contributed by atoms with Crippen molar-refractivity contribution >= 4 is 52.6 Å². The van der Waals surface area contributed by atoms with Crippen LogP contribution in [0.2, 0.25) is 0 Å². The van der Waals surface area contributed by atoms with Crippen molar-refractivity contribution in [2.45, 2.75) is 12.4 Å². The van der Waals surface area contributed by atoms with Gasteiger partial charge < -0.3 is 9.53 Å². The van der Waals surface area contributed by atoms with Crippen LogP contribution < -0.4 is 14.5 Å². The zero-order valence-corrected chi connectivity index (χ0v) is 22.0. The minimum Gasteiger partial charge on any atom is -0.484 e. The Balaban J connectivity index is 0.00000188. The third-order valence-corrected chi connectivity index (χ3v) is 6.84. The molecule has 2 aliphatic rings. The fraction of sp³-hybridized carbons (Fsp3) is 0.100. The molecule has 0 aliphatic carbocycles. The molecule has 224 valence electrons. The number of ether oxygens (including phenoxy) is 1. The number of alkyl halides is 6. The molecular weight excluding hydrogens is 598 g/mol. The number of halogens is 6. The molecule has 2 heterocycles. The van der Waals surface area contributed by atoms with Gasteiger partial charge in [-0.15, -0.1) is 0 Å². The van der Waals surface area contributed by atoms with E-state index in [1.807, 2.05) is 6.79 Å². The van der Waals surface area contributed by atoms with Crippen LogP contribution in [-0.4, -0.2) is 43.2 Å². The molecule has 44 heavy (non-hydrogen) atoms. The maximum Gasteiger partial charge on any atom is 0.422 e. The molecule has 4 amide bonds. The van der Waals surface area contributed by atoms with E-state index in [2.05, 4.69) is 4.74 Å². The molecule has 8 nitrogen and oxygen atoms in total. The second-order valence-corrected chi connectivity index (χ2v) is 9.41. The Morgan fingerprint density at radius 1 is 0.545 bits per heavy atom. The summed E-state index contributed by atoms with van der Waals surface area (Å²) in [6.07, 6.45) is -9.18. The van der Waals surface area contributed by atoms with Crippen molar-refractivity contribution in [3.63, 3.8) is 0 Å². The van der Waals surface area contributed by atoms with Crippen LogP contribution in [-0.2, 0) is 11.0 Å². The van der Waals surface area contributed by atoms with Crippen molar-refractivity contribution in [1.29, 1.82) is 0 Å². The van der Waals surface area contributed by atoms with Crippen LogP contribution in [0.25, 0.3) is 10.8 Å². The molecule has 0 saturated heterocycles. The van der Waals surface area contributed by atoms with Crippen molar-refractivity contribution in [1.82, 2.24) is 0 Å². The van der Waals surface area contributed by atoms with E-state index in [-0.39, 0.29) is 50.2 Å². The second-order valence-electron chi connectivity index (χ2n) is 9.41. The smallest absolute Gasteiger partial charge is 0.422 e. The van der Waals surface area contributed by atoms with E-state index in [1.165, 1.54) is 48.5 Å². The lowest BCUT2D eigenvalue weighted by Crippen LogP contribution is -2.43. The Bertz CT molecular complexity index is 1780. The lowest BCUT2D eigenvalue weighted by Gasteiger charge is -2.32. The highest BCUT2D eigenvalue weighted by Gasteiger charge is 2.41. The molecule has 0 bridgehead atoms. The summed E-state index contributed by atoms with van der Waals surface area (Å²) in [4.78, 5) is 63.4. The van der Waals surface area contributed by atoms with E-state index in [1.54, 1.807) is 0 Å². The first-order valence-electron chi connectivity index (χ1n) is 12.4. The Morgan fingerprint density at radius 2 is 0.886 bits per heavy atom. The molecule has 6 rings (SSSR count). The van der Waals surface area contributed by atoms with Crippen LogP contribution in [0.3, 0.4) is 0 Å². The topological polar surface area (TPSA) is 101 Å². The Morgan fingerprint density at radius 3 is 1.20 bits per heavy atom. The van der Waals surface area contributed by atoms with E-state index in [0.717, 1.165) is 34.1 Å². The second kappa shape index (κ2) is 10.6. The van der Waals surface area contributed by atoms with Crippen molar-refractivity contribution in [2.75, 3.05) is 16.4 Å². The number of nitrogens with zero attached hydrogens (tertiary/aromatic N) is 2. The van der Waals surface area contributed by atoms with Gasteiger partial charge in [-0.3, -0.25) is 19.2 Å². The van der Waals surface area contributed by atoms with Gasteiger partial charge in [0, 0.05) is 33.0 Å². The number of hydrogen-bond acceptors (Lipinski definition) is 6. The molecular formula is C30H16F6N2O6. The first kappa shape index (κ1) is 29.9. The van der Waals surface area contributed by atoms with E-state index in [9.17, 15) is 45.5 Å². The normalized spacial score (nSPS) is 14.5. The fourth-order valence-corrected chi connectivity index (χ4v) is 5.00. The monoisotopic (exact) mass is 614 g/mol. The molecule has 4 aromatic carbocycles. The lowest BCUT2D eigenvalue weighted by atomic mass is 9.85. The van der Waals surface area contributed by atoms with Gasteiger partial charge in [0.25, 0.3) is 23.6 Å². The summed E-state index contributed by atoms with van der Waals surface area (Å²) in [6, 6.07) is 13.5. The predicted octanol–water partition coefficient (Wildman–Crippen LogP) is 6.22. The number of carbonyl (C=O) groups is 5.